The average molecular weight is 306 g/mol. The van der Waals surface area contributed by atoms with Crippen LogP contribution in [0.2, 0.25) is 0 Å². The first-order chi connectivity index (χ1) is 9.92. The predicted octanol–water partition coefficient (Wildman–Crippen LogP) is 2.50. The molecule has 0 saturated heterocycles. The van der Waals surface area contributed by atoms with E-state index in [4.69, 9.17) is 0 Å². The lowest BCUT2D eigenvalue weighted by molar-refractivity contribution is 0.464. The van der Waals surface area contributed by atoms with E-state index in [0.29, 0.717) is 17.1 Å². The molecule has 0 amide bonds. The first kappa shape index (κ1) is 15.3. The van der Waals surface area contributed by atoms with Crippen molar-refractivity contribution in [1.29, 1.82) is 0 Å². The van der Waals surface area contributed by atoms with Crippen LogP contribution in [0.4, 0.5) is 5.69 Å². The minimum absolute atomic E-state index is 0.0842. The topological polar surface area (TPSA) is 79.3 Å². The van der Waals surface area contributed by atoms with Gasteiger partial charge in [0.05, 0.1) is 17.2 Å². The summed E-state index contributed by atoms with van der Waals surface area (Å²) in [5, 5.41) is 12.8. The van der Waals surface area contributed by atoms with Gasteiger partial charge in [0.2, 0.25) is 0 Å². The number of aromatic hydroxyl groups is 1. The van der Waals surface area contributed by atoms with Crippen molar-refractivity contribution in [3.63, 3.8) is 0 Å². The summed E-state index contributed by atoms with van der Waals surface area (Å²) in [5.74, 6) is 0.221. The lowest BCUT2D eigenvalue weighted by Crippen LogP contribution is -2.05. The van der Waals surface area contributed by atoms with Crippen molar-refractivity contribution in [3.8, 4) is 5.75 Å². The lowest BCUT2D eigenvalue weighted by Gasteiger charge is -2.09. The van der Waals surface area contributed by atoms with E-state index in [9.17, 15) is 13.5 Å². The number of hydrogen-bond donors (Lipinski definition) is 2. The van der Waals surface area contributed by atoms with Gasteiger partial charge in [-0.1, -0.05) is 6.92 Å². The van der Waals surface area contributed by atoms with E-state index in [0.717, 1.165) is 11.4 Å². The van der Waals surface area contributed by atoms with Crippen molar-refractivity contribution in [3.05, 3.63) is 47.8 Å². The molecule has 2 aromatic rings. The van der Waals surface area contributed by atoms with Crippen molar-refractivity contribution >= 4 is 15.5 Å². The molecule has 2 N–H and O–H groups in total. The summed E-state index contributed by atoms with van der Waals surface area (Å²) >= 11 is 0. The third-order valence-corrected chi connectivity index (χ3v) is 4.89. The van der Waals surface area contributed by atoms with Crippen molar-refractivity contribution in [1.82, 2.24) is 4.98 Å². The highest BCUT2D eigenvalue weighted by atomic mass is 32.2. The highest BCUT2D eigenvalue weighted by Gasteiger charge is 2.10. The van der Waals surface area contributed by atoms with E-state index in [1.165, 1.54) is 0 Å². The molecule has 0 fully saturated rings. The SMILES string of the molecule is CCS(=O)(=O)c1ccc(NCc2nc(C)ccc2O)cc1. The molecule has 1 aromatic carbocycles. The number of aromatic nitrogens is 1. The highest BCUT2D eigenvalue weighted by molar-refractivity contribution is 7.91. The molecule has 6 heteroatoms. The molecule has 0 spiro atoms. The van der Waals surface area contributed by atoms with Gasteiger partial charge in [0.25, 0.3) is 0 Å². The minimum Gasteiger partial charge on any atom is -0.506 e. The molecule has 0 aliphatic rings. The van der Waals surface area contributed by atoms with Crippen LogP contribution in [0.1, 0.15) is 18.3 Å². The Hall–Kier alpha value is -2.08. The summed E-state index contributed by atoms with van der Waals surface area (Å²) in [6.07, 6.45) is 0. The van der Waals surface area contributed by atoms with Gasteiger partial charge < -0.3 is 10.4 Å². The van der Waals surface area contributed by atoms with Gasteiger partial charge in [0, 0.05) is 11.4 Å². The summed E-state index contributed by atoms with van der Waals surface area (Å²) < 4.78 is 23.4. The molecule has 112 valence electrons. The Bertz CT molecular complexity index is 725. The maximum absolute atomic E-state index is 11.7. The van der Waals surface area contributed by atoms with Crippen LogP contribution in [0, 0.1) is 6.92 Å². The quantitative estimate of drug-likeness (QED) is 0.887. The summed E-state index contributed by atoms with van der Waals surface area (Å²) in [6.45, 7) is 3.84. The summed E-state index contributed by atoms with van der Waals surface area (Å²) in [7, 11) is -3.17. The third kappa shape index (κ3) is 3.72. The summed E-state index contributed by atoms with van der Waals surface area (Å²) in [6, 6.07) is 9.90. The largest absolute Gasteiger partial charge is 0.506 e. The normalized spacial score (nSPS) is 11.3. The number of hydrogen-bond acceptors (Lipinski definition) is 5. The molecule has 0 aliphatic carbocycles. The molecule has 1 aromatic heterocycles. The Morgan fingerprint density at radius 2 is 1.81 bits per heavy atom. The molecule has 0 radical (unpaired) electrons. The molecule has 1 heterocycles. The molecule has 0 saturated carbocycles. The molecule has 21 heavy (non-hydrogen) atoms. The zero-order valence-corrected chi connectivity index (χ0v) is 12.8. The Labute approximate surface area is 124 Å². The van der Waals surface area contributed by atoms with Gasteiger partial charge in [0.1, 0.15) is 11.4 Å². The molecule has 0 atom stereocenters. The fourth-order valence-electron chi connectivity index (χ4n) is 1.87. The minimum atomic E-state index is -3.17. The number of aryl methyl sites for hydroxylation is 1. The van der Waals surface area contributed by atoms with E-state index in [1.54, 1.807) is 43.3 Å². The fraction of sp³-hybridized carbons (Fsp3) is 0.267. The molecule has 0 aliphatic heterocycles. The van der Waals surface area contributed by atoms with Crippen LogP contribution in [0.5, 0.6) is 5.75 Å². The van der Waals surface area contributed by atoms with Gasteiger partial charge in [-0.15, -0.1) is 0 Å². The Balaban J connectivity index is 2.09. The van der Waals surface area contributed by atoms with Crippen LogP contribution in [0.3, 0.4) is 0 Å². The van der Waals surface area contributed by atoms with Crippen LogP contribution in [-0.4, -0.2) is 24.3 Å². The van der Waals surface area contributed by atoms with E-state index in [-0.39, 0.29) is 11.5 Å². The number of nitrogens with one attached hydrogen (secondary N) is 1. The highest BCUT2D eigenvalue weighted by Crippen LogP contribution is 2.18. The molecule has 0 unspecified atom stereocenters. The number of anilines is 1. The van der Waals surface area contributed by atoms with E-state index < -0.39 is 9.84 Å². The van der Waals surface area contributed by atoms with Gasteiger partial charge in [-0.2, -0.15) is 0 Å². The van der Waals surface area contributed by atoms with Crippen LogP contribution >= 0.6 is 0 Å². The number of pyridine rings is 1. The van der Waals surface area contributed by atoms with E-state index >= 15 is 0 Å². The molecule has 5 nitrogen and oxygen atoms in total. The lowest BCUT2D eigenvalue weighted by atomic mass is 10.2. The van der Waals surface area contributed by atoms with Gasteiger partial charge in [-0.05, 0) is 43.3 Å². The van der Waals surface area contributed by atoms with Crippen molar-refractivity contribution in [2.24, 2.45) is 0 Å². The maximum atomic E-state index is 11.7. The second-order valence-electron chi connectivity index (χ2n) is 4.70. The second-order valence-corrected chi connectivity index (χ2v) is 6.98. The second kappa shape index (κ2) is 6.13. The van der Waals surface area contributed by atoms with Crippen molar-refractivity contribution in [2.75, 3.05) is 11.1 Å². The van der Waals surface area contributed by atoms with Gasteiger partial charge in [0.15, 0.2) is 9.84 Å². The first-order valence-corrected chi connectivity index (χ1v) is 8.30. The van der Waals surface area contributed by atoms with Gasteiger partial charge in [-0.25, -0.2) is 8.42 Å². The van der Waals surface area contributed by atoms with Crippen LogP contribution in [0.25, 0.3) is 0 Å². The van der Waals surface area contributed by atoms with E-state index in [2.05, 4.69) is 10.3 Å². The Kier molecular flexibility index (Phi) is 4.47. The molecule has 0 bridgehead atoms. The molecular weight excluding hydrogens is 288 g/mol. The fourth-order valence-corrected chi connectivity index (χ4v) is 2.75. The number of sulfone groups is 1. The van der Waals surface area contributed by atoms with Crippen LogP contribution in [-0.2, 0) is 16.4 Å². The molecular formula is C15H18N2O3S. The van der Waals surface area contributed by atoms with Gasteiger partial charge >= 0.3 is 0 Å². The maximum Gasteiger partial charge on any atom is 0.178 e. The van der Waals surface area contributed by atoms with Crippen molar-refractivity contribution in [2.45, 2.75) is 25.3 Å². The third-order valence-electron chi connectivity index (χ3n) is 3.14. The summed E-state index contributed by atoms with van der Waals surface area (Å²) in [5.41, 5.74) is 2.15. The van der Waals surface area contributed by atoms with E-state index in [1.807, 2.05) is 6.92 Å². The summed E-state index contributed by atoms with van der Waals surface area (Å²) in [4.78, 5) is 4.56. The standard InChI is InChI=1S/C15H18N2O3S/c1-3-21(19,20)13-7-5-12(6-8-13)16-10-14-15(18)9-4-11(2)17-14/h4-9,16,18H,3,10H2,1-2H3. The zero-order chi connectivity index (χ0) is 15.5. The zero-order valence-electron chi connectivity index (χ0n) is 12.0. The predicted molar refractivity (Wildman–Crippen MR) is 82.1 cm³/mol. The Morgan fingerprint density at radius 1 is 1.14 bits per heavy atom. The monoisotopic (exact) mass is 306 g/mol. The van der Waals surface area contributed by atoms with Gasteiger partial charge in [-0.3, -0.25) is 4.98 Å². The average Bonchev–Trinajstić information content (AvgIpc) is 2.48. The smallest absolute Gasteiger partial charge is 0.178 e. The Morgan fingerprint density at radius 3 is 2.43 bits per heavy atom. The van der Waals surface area contributed by atoms with Crippen molar-refractivity contribution < 1.29 is 13.5 Å². The van der Waals surface area contributed by atoms with Crippen LogP contribution in [0.15, 0.2) is 41.3 Å². The number of rotatable bonds is 5. The first-order valence-electron chi connectivity index (χ1n) is 6.64. The van der Waals surface area contributed by atoms with Crippen LogP contribution < -0.4 is 5.32 Å². The number of benzene rings is 1. The molecule has 2 rings (SSSR count). The number of nitrogens with zero attached hydrogens (tertiary/aromatic N) is 1.